The molecule has 148 valence electrons. The Balaban J connectivity index is 2.57. The quantitative estimate of drug-likeness (QED) is 0.353. The highest BCUT2D eigenvalue weighted by molar-refractivity contribution is 5.79. The summed E-state index contributed by atoms with van der Waals surface area (Å²) in [5, 5.41) is 6.28. The van der Waals surface area contributed by atoms with Crippen molar-refractivity contribution in [1.82, 2.24) is 15.6 Å². The Morgan fingerprint density at radius 1 is 1.23 bits per heavy atom. The molecular formula is C17H27F3N4O2. The van der Waals surface area contributed by atoms with E-state index < -0.39 is 12.8 Å². The van der Waals surface area contributed by atoms with Crippen molar-refractivity contribution in [3.05, 3.63) is 23.9 Å². The average Bonchev–Trinajstić information content (AvgIpc) is 2.60. The largest absolute Gasteiger partial charge is 0.468 e. The van der Waals surface area contributed by atoms with Gasteiger partial charge in [-0.2, -0.15) is 13.2 Å². The maximum Gasteiger partial charge on any atom is 0.422 e. The molecule has 0 spiro atoms. The van der Waals surface area contributed by atoms with E-state index in [0.717, 1.165) is 26.0 Å². The smallest absolute Gasteiger partial charge is 0.422 e. The maximum atomic E-state index is 12.3. The van der Waals surface area contributed by atoms with Crippen molar-refractivity contribution in [2.24, 2.45) is 4.99 Å². The highest BCUT2D eigenvalue weighted by Crippen LogP contribution is 2.20. The molecule has 0 aromatic carbocycles. The summed E-state index contributed by atoms with van der Waals surface area (Å²) in [4.78, 5) is 8.25. The standard InChI is InChI=1S/C17H27F3N4O2/c1-3-21-16(23-9-5-6-11-25-4-2)24-12-14-8-7-10-22-15(14)26-13-17(18,19)20/h7-8,10H,3-6,9,11-13H2,1-2H3,(H2,21,23,24). The van der Waals surface area contributed by atoms with Gasteiger partial charge in [0, 0.05) is 38.1 Å². The summed E-state index contributed by atoms with van der Waals surface area (Å²) in [5.74, 6) is 0.538. The van der Waals surface area contributed by atoms with Crippen LogP contribution in [0, 0.1) is 0 Å². The van der Waals surface area contributed by atoms with Gasteiger partial charge in [0.05, 0.1) is 6.54 Å². The number of unbranched alkanes of at least 4 members (excludes halogenated alkanes) is 1. The molecule has 0 aliphatic rings. The number of hydrogen-bond donors (Lipinski definition) is 2. The van der Waals surface area contributed by atoms with Crippen LogP contribution in [-0.2, 0) is 11.3 Å². The SMILES string of the molecule is CCNC(=NCc1cccnc1OCC(F)(F)F)NCCCCOCC. The summed E-state index contributed by atoms with van der Waals surface area (Å²) in [6, 6.07) is 3.28. The molecule has 2 N–H and O–H groups in total. The monoisotopic (exact) mass is 376 g/mol. The van der Waals surface area contributed by atoms with Crippen molar-refractivity contribution in [2.75, 3.05) is 32.9 Å². The predicted octanol–water partition coefficient (Wildman–Crippen LogP) is 2.89. The van der Waals surface area contributed by atoms with Crippen molar-refractivity contribution < 1.29 is 22.6 Å². The zero-order valence-electron chi connectivity index (χ0n) is 15.2. The third-order valence-electron chi connectivity index (χ3n) is 3.19. The number of guanidine groups is 1. The first-order valence-electron chi connectivity index (χ1n) is 8.69. The van der Waals surface area contributed by atoms with Crippen molar-refractivity contribution in [3.63, 3.8) is 0 Å². The lowest BCUT2D eigenvalue weighted by Crippen LogP contribution is -2.37. The van der Waals surface area contributed by atoms with Gasteiger partial charge in [0.15, 0.2) is 12.6 Å². The fraction of sp³-hybridized carbons (Fsp3) is 0.647. The zero-order chi connectivity index (χ0) is 19.3. The number of aromatic nitrogens is 1. The second kappa shape index (κ2) is 12.3. The van der Waals surface area contributed by atoms with Crippen LogP contribution in [0.25, 0.3) is 0 Å². The van der Waals surface area contributed by atoms with Gasteiger partial charge < -0.3 is 20.1 Å². The number of ether oxygens (including phenoxy) is 2. The van der Waals surface area contributed by atoms with E-state index in [9.17, 15) is 13.2 Å². The summed E-state index contributed by atoms with van der Waals surface area (Å²) >= 11 is 0. The number of aliphatic imine (C=N–C) groups is 1. The second-order valence-corrected chi connectivity index (χ2v) is 5.40. The Kier molecular flexibility index (Phi) is 10.5. The van der Waals surface area contributed by atoms with Crippen LogP contribution in [0.2, 0.25) is 0 Å². The summed E-state index contributed by atoms with van der Waals surface area (Å²) in [6.07, 6.45) is -1.15. The van der Waals surface area contributed by atoms with Gasteiger partial charge >= 0.3 is 6.18 Å². The molecule has 26 heavy (non-hydrogen) atoms. The first-order chi connectivity index (χ1) is 12.5. The molecule has 1 rings (SSSR count). The molecule has 0 saturated carbocycles. The Morgan fingerprint density at radius 3 is 2.73 bits per heavy atom. The number of nitrogens with one attached hydrogen (secondary N) is 2. The van der Waals surface area contributed by atoms with E-state index in [1.807, 2.05) is 13.8 Å². The van der Waals surface area contributed by atoms with Crippen molar-refractivity contribution >= 4 is 5.96 Å². The van der Waals surface area contributed by atoms with Gasteiger partial charge in [0.2, 0.25) is 5.88 Å². The molecule has 0 unspecified atom stereocenters. The first kappa shape index (κ1) is 22.0. The lowest BCUT2D eigenvalue weighted by atomic mass is 10.3. The predicted molar refractivity (Wildman–Crippen MR) is 94.3 cm³/mol. The molecule has 0 radical (unpaired) electrons. The Bertz CT molecular complexity index is 539. The molecule has 6 nitrogen and oxygen atoms in total. The number of rotatable bonds is 11. The highest BCUT2D eigenvalue weighted by Gasteiger charge is 2.29. The number of nitrogens with zero attached hydrogens (tertiary/aromatic N) is 2. The van der Waals surface area contributed by atoms with Crippen molar-refractivity contribution in [3.8, 4) is 5.88 Å². The second-order valence-electron chi connectivity index (χ2n) is 5.40. The number of halogens is 3. The van der Waals surface area contributed by atoms with Crippen LogP contribution >= 0.6 is 0 Å². The van der Waals surface area contributed by atoms with Gasteiger partial charge in [0.1, 0.15) is 0 Å². The molecule has 0 fully saturated rings. The van der Waals surface area contributed by atoms with E-state index in [2.05, 4.69) is 20.6 Å². The molecule has 0 aliphatic heterocycles. The Morgan fingerprint density at radius 2 is 2.04 bits per heavy atom. The molecule has 0 amide bonds. The summed E-state index contributed by atoms with van der Waals surface area (Å²) in [6.45, 7) is 5.52. The number of alkyl halides is 3. The van der Waals surface area contributed by atoms with Gasteiger partial charge in [-0.15, -0.1) is 0 Å². The topological polar surface area (TPSA) is 67.8 Å². The molecule has 1 heterocycles. The van der Waals surface area contributed by atoms with Gasteiger partial charge in [-0.1, -0.05) is 6.07 Å². The average molecular weight is 376 g/mol. The van der Waals surface area contributed by atoms with Crippen LogP contribution in [0.15, 0.2) is 23.3 Å². The number of hydrogen-bond acceptors (Lipinski definition) is 4. The Labute approximate surface area is 152 Å². The lowest BCUT2D eigenvalue weighted by molar-refractivity contribution is -0.154. The van der Waals surface area contributed by atoms with Crippen LogP contribution in [0.4, 0.5) is 13.2 Å². The van der Waals surface area contributed by atoms with E-state index in [-0.39, 0.29) is 12.4 Å². The molecule has 0 saturated heterocycles. The minimum Gasteiger partial charge on any atom is -0.468 e. The van der Waals surface area contributed by atoms with E-state index in [0.29, 0.717) is 24.7 Å². The van der Waals surface area contributed by atoms with Crippen LogP contribution in [0.5, 0.6) is 5.88 Å². The van der Waals surface area contributed by atoms with E-state index in [1.165, 1.54) is 6.20 Å². The minimum absolute atomic E-state index is 0.0545. The summed E-state index contributed by atoms with van der Waals surface area (Å²) < 4.78 is 47.0. The van der Waals surface area contributed by atoms with Crippen LogP contribution in [0.1, 0.15) is 32.3 Å². The van der Waals surface area contributed by atoms with Crippen molar-refractivity contribution in [1.29, 1.82) is 0 Å². The van der Waals surface area contributed by atoms with Crippen molar-refractivity contribution in [2.45, 2.75) is 39.4 Å². The zero-order valence-corrected chi connectivity index (χ0v) is 15.2. The van der Waals surface area contributed by atoms with E-state index in [1.54, 1.807) is 12.1 Å². The van der Waals surface area contributed by atoms with Gasteiger partial charge in [-0.3, -0.25) is 0 Å². The normalized spacial score (nSPS) is 12.1. The Hall–Kier alpha value is -2.03. The lowest BCUT2D eigenvalue weighted by Gasteiger charge is -2.13. The molecule has 1 aromatic heterocycles. The molecule has 0 aliphatic carbocycles. The fourth-order valence-corrected chi connectivity index (χ4v) is 2.01. The fourth-order valence-electron chi connectivity index (χ4n) is 2.01. The molecule has 1 aromatic rings. The number of pyridine rings is 1. The summed E-state index contributed by atoms with van der Waals surface area (Å²) in [5.41, 5.74) is 0.491. The van der Waals surface area contributed by atoms with Gasteiger partial charge in [-0.25, -0.2) is 9.98 Å². The van der Waals surface area contributed by atoms with E-state index in [4.69, 9.17) is 9.47 Å². The third-order valence-corrected chi connectivity index (χ3v) is 3.19. The highest BCUT2D eigenvalue weighted by atomic mass is 19.4. The van der Waals surface area contributed by atoms with Crippen LogP contribution < -0.4 is 15.4 Å². The minimum atomic E-state index is -4.41. The van der Waals surface area contributed by atoms with Gasteiger partial charge in [0.25, 0.3) is 0 Å². The van der Waals surface area contributed by atoms with E-state index >= 15 is 0 Å². The molecular weight excluding hydrogens is 349 g/mol. The molecule has 9 heteroatoms. The summed E-state index contributed by atoms with van der Waals surface area (Å²) in [7, 11) is 0. The third kappa shape index (κ3) is 10.1. The molecule has 0 atom stereocenters. The maximum absolute atomic E-state index is 12.3. The van der Waals surface area contributed by atoms with Crippen LogP contribution in [-0.4, -0.2) is 50.0 Å². The van der Waals surface area contributed by atoms with Crippen LogP contribution in [0.3, 0.4) is 0 Å². The first-order valence-corrected chi connectivity index (χ1v) is 8.69. The van der Waals surface area contributed by atoms with Gasteiger partial charge in [-0.05, 0) is 32.8 Å². The molecule has 0 bridgehead atoms.